The Kier molecular flexibility index (Phi) is 2.55. The van der Waals surface area contributed by atoms with Gasteiger partial charge in [0, 0.05) is 0 Å². The topological polar surface area (TPSA) is 0 Å². The molecule has 0 nitrogen and oxygen atoms in total. The molecule has 0 aromatic carbocycles. The number of rotatable bonds is 0. The van der Waals surface area contributed by atoms with Crippen molar-refractivity contribution in [3.8, 4) is 0 Å². The van der Waals surface area contributed by atoms with Crippen molar-refractivity contribution >= 4 is 0 Å². The van der Waals surface area contributed by atoms with Gasteiger partial charge in [0.15, 0.2) is 0 Å². The third kappa shape index (κ3) is 1.51. The van der Waals surface area contributed by atoms with E-state index in [-0.39, 0.29) is 0 Å². The molecule has 3 aliphatic carbocycles. The molecule has 14 heavy (non-hydrogen) atoms. The Morgan fingerprint density at radius 3 is 1.57 bits per heavy atom. The van der Waals surface area contributed by atoms with Gasteiger partial charge in [0.2, 0.25) is 0 Å². The Morgan fingerprint density at radius 1 is 0.429 bits per heavy atom. The van der Waals surface area contributed by atoms with Gasteiger partial charge in [-0.15, -0.1) is 0 Å². The van der Waals surface area contributed by atoms with Gasteiger partial charge in [-0.25, -0.2) is 0 Å². The molecule has 3 fully saturated rings. The predicted octanol–water partition coefficient (Wildman–Crippen LogP) is 4.39. The highest BCUT2D eigenvalue weighted by Crippen LogP contribution is 2.50. The molecule has 4 atom stereocenters. The molecule has 0 spiro atoms. The second kappa shape index (κ2) is 3.87. The molecule has 0 aliphatic heterocycles. The van der Waals surface area contributed by atoms with Crippen molar-refractivity contribution in [2.75, 3.05) is 0 Å². The zero-order chi connectivity index (χ0) is 9.38. The second-order valence-electron chi connectivity index (χ2n) is 5.99. The predicted molar refractivity (Wildman–Crippen MR) is 60.1 cm³/mol. The van der Waals surface area contributed by atoms with E-state index in [0.29, 0.717) is 0 Å². The van der Waals surface area contributed by atoms with E-state index in [9.17, 15) is 0 Å². The summed E-state index contributed by atoms with van der Waals surface area (Å²) in [4.78, 5) is 0. The monoisotopic (exact) mass is 192 g/mol. The lowest BCUT2D eigenvalue weighted by Crippen LogP contribution is -2.26. The van der Waals surface area contributed by atoms with E-state index in [4.69, 9.17) is 0 Å². The van der Waals surface area contributed by atoms with Crippen LogP contribution >= 0.6 is 0 Å². The minimum atomic E-state index is 1.15. The molecule has 0 aromatic heterocycles. The lowest BCUT2D eigenvalue weighted by molar-refractivity contribution is 0.146. The van der Waals surface area contributed by atoms with E-state index in [2.05, 4.69) is 0 Å². The van der Waals surface area contributed by atoms with Gasteiger partial charge in [0.05, 0.1) is 0 Å². The standard InChI is InChI=1S/C14H24/c1-2-9-13-11(5-1)6-3-7-12-8-4-10-14(12)13/h11-14H,1-10H2/t11-,12-,13-,14+/m1/s1. The maximum absolute atomic E-state index is 1.59. The van der Waals surface area contributed by atoms with Gasteiger partial charge in [-0.05, 0) is 36.5 Å². The van der Waals surface area contributed by atoms with Crippen LogP contribution in [0.1, 0.15) is 64.2 Å². The molecule has 0 N–H and O–H groups in total. The first-order valence-electron chi connectivity index (χ1n) is 6.95. The number of fused-ring (bicyclic) bond motifs is 3. The molecule has 3 aliphatic rings. The average molecular weight is 192 g/mol. The summed E-state index contributed by atoms with van der Waals surface area (Å²) in [6, 6.07) is 0. The van der Waals surface area contributed by atoms with E-state index >= 15 is 0 Å². The molecular formula is C14H24. The zero-order valence-electron chi connectivity index (χ0n) is 9.38. The summed E-state index contributed by atoms with van der Waals surface area (Å²) in [7, 11) is 0. The number of hydrogen-bond donors (Lipinski definition) is 0. The summed E-state index contributed by atoms with van der Waals surface area (Å²) in [5.74, 6) is 4.64. The van der Waals surface area contributed by atoms with E-state index < -0.39 is 0 Å². The molecule has 3 rings (SSSR count). The molecule has 0 heterocycles. The second-order valence-corrected chi connectivity index (χ2v) is 5.99. The van der Waals surface area contributed by atoms with Crippen molar-refractivity contribution in [2.45, 2.75) is 64.2 Å². The van der Waals surface area contributed by atoms with Crippen molar-refractivity contribution in [3.05, 3.63) is 0 Å². The Hall–Kier alpha value is 0. The molecular weight excluding hydrogens is 168 g/mol. The zero-order valence-corrected chi connectivity index (χ0v) is 9.38. The van der Waals surface area contributed by atoms with Crippen molar-refractivity contribution in [1.82, 2.24) is 0 Å². The summed E-state index contributed by atoms with van der Waals surface area (Å²) in [5.41, 5.74) is 0. The maximum atomic E-state index is 1.59. The van der Waals surface area contributed by atoms with Crippen molar-refractivity contribution < 1.29 is 0 Å². The first-order chi connectivity index (χ1) is 6.95. The van der Waals surface area contributed by atoms with Crippen LogP contribution in [-0.4, -0.2) is 0 Å². The van der Waals surface area contributed by atoms with Gasteiger partial charge in [0.25, 0.3) is 0 Å². The van der Waals surface area contributed by atoms with Crippen LogP contribution in [0.2, 0.25) is 0 Å². The van der Waals surface area contributed by atoms with Crippen LogP contribution in [0.3, 0.4) is 0 Å². The highest BCUT2D eigenvalue weighted by atomic mass is 14.4. The van der Waals surface area contributed by atoms with Crippen LogP contribution in [0, 0.1) is 23.7 Å². The van der Waals surface area contributed by atoms with Gasteiger partial charge >= 0.3 is 0 Å². The van der Waals surface area contributed by atoms with Crippen LogP contribution < -0.4 is 0 Å². The quantitative estimate of drug-likeness (QED) is 0.534. The Labute approximate surface area is 88.5 Å². The molecule has 0 unspecified atom stereocenters. The lowest BCUT2D eigenvalue weighted by Gasteiger charge is -2.35. The average Bonchev–Trinajstić information content (AvgIpc) is 2.61. The fraction of sp³-hybridized carbons (Fsp3) is 1.00. The van der Waals surface area contributed by atoms with E-state index in [1.807, 2.05) is 0 Å². The van der Waals surface area contributed by atoms with Crippen LogP contribution in [-0.2, 0) is 0 Å². The third-order valence-corrected chi connectivity index (χ3v) is 5.39. The molecule has 0 bridgehead atoms. The molecule has 0 heteroatoms. The summed E-state index contributed by atoms with van der Waals surface area (Å²) in [6.07, 6.45) is 15.7. The number of hydrogen-bond acceptors (Lipinski definition) is 0. The van der Waals surface area contributed by atoms with Crippen molar-refractivity contribution in [3.63, 3.8) is 0 Å². The van der Waals surface area contributed by atoms with E-state index in [1.54, 1.807) is 64.2 Å². The Morgan fingerprint density at radius 2 is 0.857 bits per heavy atom. The minimum absolute atomic E-state index is 1.15. The SMILES string of the molecule is C1CC[C@@H]2[C@H](C1)CCC[C@@H]1CCC[C@@H]12. The third-order valence-electron chi connectivity index (χ3n) is 5.39. The Balaban J connectivity index is 1.79. The van der Waals surface area contributed by atoms with Gasteiger partial charge in [-0.3, -0.25) is 0 Å². The van der Waals surface area contributed by atoms with Gasteiger partial charge in [0.1, 0.15) is 0 Å². The van der Waals surface area contributed by atoms with Crippen LogP contribution in [0.25, 0.3) is 0 Å². The molecule has 80 valence electrons. The molecule has 0 saturated heterocycles. The normalized spacial score (nSPS) is 48.0. The summed E-state index contributed by atoms with van der Waals surface area (Å²) < 4.78 is 0. The molecule has 0 aromatic rings. The van der Waals surface area contributed by atoms with Crippen LogP contribution in [0.5, 0.6) is 0 Å². The highest BCUT2D eigenvalue weighted by Gasteiger charge is 2.40. The fourth-order valence-electron chi connectivity index (χ4n) is 4.79. The summed E-state index contributed by atoms with van der Waals surface area (Å²) in [5, 5.41) is 0. The van der Waals surface area contributed by atoms with Gasteiger partial charge in [-0.2, -0.15) is 0 Å². The van der Waals surface area contributed by atoms with Gasteiger partial charge < -0.3 is 0 Å². The summed E-state index contributed by atoms with van der Waals surface area (Å²) in [6.45, 7) is 0. The summed E-state index contributed by atoms with van der Waals surface area (Å²) >= 11 is 0. The smallest absolute Gasteiger partial charge is 0.0355 e. The molecule has 3 saturated carbocycles. The van der Waals surface area contributed by atoms with Crippen molar-refractivity contribution in [2.24, 2.45) is 23.7 Å². The van der Waals surface area contributed by atoms with Crippen LogP contribution in [0.15, 0.2) is 0 Å². The largest absolute Gasteiger partial charge is 0.0530 e. The van der Waals surface area contributed by atoms with E-state index in [0.717, 1.165) is 11.8 Å². The maximum Gasteiger partial charge on any atom is -0.0355 e. The first-order valence-corrected chi connectivity index (χ1v) is 6.95. The van der Waals surface area contributed by atoms with E-state index in [1.165, 1.54) is 11.8 Å². The van der Waals surface area contributed by atoms with Crippen molar-refractivity contribution in [1.29, 1.82) is 0 Å². The van der Waals surface area contributed by atoms with Gasteiger partial charge in [-0.1, -0.05) is 51.4 Å². The molecule has 0 radical (unpaired) electrons. The first kappa shape index (κ1) is 9.24. The minimum Gasteiger partial charge on any atom is -0.0530 e. The molecule has 0 amide bonds. The highest BCUT2D eigenvalue weighted by molar-refractivity contribution is 4.90. The Bertz CT molecular complexity index is 196. The lowest BCUT2D eigenvalue weighted by atomic mass is 9.70. The fourth-order valence-corrected chi connectivity index (χ4v) is 4.79. The van der Waals surface area contributed by atoms with Crippen LogP contribution in [0.4, 0.5) is 0 Å².